The van der Waals surface area contributed by atoms with Gasteiger partial charge in [-0.25, -0.2) is 9.78 Å². The number of carbonyl (C=O) groups is 1. The Balaban J connectivity index is 1.32. The van der Waals surface area contributed by atoms with E-state index in [0.29, 0.717) is 16.7 Å². The largest absolute Gasteiger partial charge is 0.467 e. The molecule has 0 bridgehead atoms. The molecule has 0 radical (unpaired) electrons. The van der Waals surface area contributed by atoms with Gasteiger partial charge in [0.2, 0.25) is 5.91 Å². The Hall–Kier alpha value is -2.91. The maximum atomic E-state index is 12.8. The van der Waals surface area contributed by atoms with Gasteiger partial charge in [-0.3, -0.25) is 9.36 Å². The molecule has 9 heteroatoms. The molecular formula is C23H22N4O3S2. The Morgan fingerprint density at radius 3 is 2.97 bits per heavy atom. The maximum Gasteiger partial charge on any atom is 0.349 e. The summed E-state index contributed by atoms with van der Waals surface area (Å²) >= 11 is 2.78. The molecule has 4 aromatic rings. The van der Waals surface area contributed by atoms with Crippen molar-refractivity contribution in [3.05, 3.63) is 69.7 Å². The van der Waals surface area contributed by atoms with Gasteiger partial charge in [0.1, 0.15) is 10.8 Å². The highest BCUT2D eigenvalue weighted by Crippen LogP contribution is 2.30. The molecule has 1 amide bonds. The average molecular weight is 467 g/mol. The molecule has 0 saturated carbocycles. The molecule has 1 aromatic carbocycles. The van der Waals surface area contributed by atoms with Crippen LogP contribution in [0.3, 0.4) is 0 Å². The van der Waals surface area contributed by atoms with Crippen molar-refractivity contribution < 1.29 is 9.21 Å². The van der Waals surface area contributed by atoms with Gasteiger partial charge in [-0.2, -0.15) is 4.98 Å². The number of furan rings is 1. The summed E-state index contributed by atoms with van der Waals surface area (Å²) in [5.74, 6) is 0.750. The number of fused-ring (bicyclic) bond motifs is 2. The number of amides is 1. The Labute approximate surface area is 192 Å². The van der Waals surface area contributed by atoms with Crippen LogP contribution < -0.4 is 11.0 Å². The number of anilines is 1. The lowest BCUT2D eigenvalue weighted by Crippen LogP contribution is -2.30. The average Bonchev–Trinajstić information content (AvgIpc) is 3.43. The quantitative estimate of drug-likeness (QED) is 0.334. The highest BCUT2D eigenvalue weighted by molar-refractivity contribution is 8.00. The van der Waals surface area contributed by atoms with Crippen molar-refractivity contribution in [3.8, 4) is 0 Å². The molecule has 0 atom stereocenters. The van der Waals surface area contributed by atoms with E-state index in [0.717, 1.165) is 58.5 Å². The lowest BCUT2D eigenvalue weighted by atomic mass is 9.97. The minimum atomic E-state index is -0.300. The Kier molecular flexibility index (Phi) is 5.84. The van der Waals surface area contributed by atoms with Crippen molar-refractivity contribution in [2.24, 2.45) is 0 Å². The van der Waals surface area contributed by atoms with Crippen LogP contribution in [0.25, 0.3) is 10.2 Å². The molecule has 0 saturated heterocycles. The molecule has 7 nitrogen and oxygen atoms in total. The minimum absolute atomic E-state index is 0.156. The van der Waals surface area contributed by atoms with Gasteiger partial charge in [-0.15, -0.1) is 0 Å². The zero-order valence-electron chi connectivity index (χ0n) is 17.6. The van der Waals surface area contributed by atoms with Crippen LogP contribution in [-0.4, -0.2) is 26.2 Å². The molecule has 0 fully saturated rings. The normalized spacial score (nSPS) is 13.3. The van der Waals surface area contributed by atoms with Crippen molar-refractivity contribution in [2.45, 2.75) is 44.2 Å². The van der Waals surface area contributed by atoms with Crippen LogP contribution in [0.1, 0.15) is 35.4 Å². The molecule has 1 aliphatic carbocycles. The van der Waals surface area contributed by atoms with Gasteiger partial charge in [0.15, 0.2) is 5.13 Å². The smallest absolute Gasteiger partial charge is 0.349 e. The van der Waals surface area contributed by atoms with Gasteiger partial charge in [-0.05, 0) is 62.4 Å². The van der Waals surface area contributed by atoms with Crippen LogP contribution in [0, 0.1) is 6.92 Å². The van der Waals surface area contributed by atoms with Gasteiger partial charge in [0.05, 0.1) is 28.8 Å². The summed E-state index contributed by atoms with van der Waals surface area (Å²) in [6, 6.07) is 9.70. The van der Waals surface area contributed by atoms with E-state index in [-0.39, 0.29) is 17.3 Å². The molecule has 5 rings (SSSR count). The van der Waals surface area contributed by atoms with Gasteiger partial charge in [0, 0.05) is 11.3 Å². The predicted octanol–water partition coefficient (Wildman–Crippen LogP) is 4.41. The molecule has 1 aliphatic rings. The summed E-state index contributed by atoms with van der Waals surface area (Å²) < 4.78 is 8.18. The third-order valence-electron chi connectivity index (χ3n) is 5.48. The number of benzene rings is 1. The number of hydrogen-bond acceptors (Lipinski definition) is 7. The second-order valence-electron chi connectivity index (χ2n) is 7.82. The monoisotopic (exact) mass is 466 g/mol. The first-order valence-electron chi connectivity index (χ1n) is 10.5. The summed E-state index contributed by atoms with van der Waals surface area (Å²) in [4.78, 5) is 34.2. The predicted molar refractivity (Wildman–Crippen MR) is 127 cm³/mol. The van der Waals surface area contributed by atoms with E-state index in [4.69, 9.17) is 4.42 Å². The molecule has 0 spiro atoms. The molecule has 0 aliphatic heterocycles. The fraction of sp³-hybridized carbons (Fsp3) is 0.304. The van der Waals surface area contributed by atoms with E-state index < -0.39 is 0 Å². The molecule has 3 aromatic heterocycles. The van der Waals surface area contributed by atoms with E-state index in [1.54, 1.807) is 10.8 Å². The van der Waals surface area contributed by atoms with Crippen molar-refractivity contribution in [3.63, 3.8) is 0 Å². The summed E-state index contributed by atoms with van der Waals surface area (Å²) in [5, 5.41) is 4.13. The highest BCUT2D eigenvalue weighted by atomic mass is 32.2. The lowest BCUT2D eigenvalue weighted by Gasteiger charge is -2.22. The Morgan fingerprint density at radius 2 is 2.12 bits per heavy atom. The summed E-state index contributed by atoms with van der Waals surface area (Å²) in [6.07, 6.45) is 5.39. The number of nitrogens with zero attached hydrogens (tertiary/aromatic N) is 3. The number of carbonyl (C=O) groups excluding carboxylic acids is 1. The molecule has 1 N–H and O–H groups in total. The van der Waals surface area contributed by atoms with Crippen LogP contribution in [0.4, 0.5) is 5.13 Å². The fourth-order valence-corrected chi connectivity index (χ4v) is 5.82. The summed E-state index contributed by atoms with van der Waals surface area (Å²) in [6.45, 7) is 2.41. The third kappa shape index (κ3) is 4.35. The van der Waals surface area contributed by atoms with E-state index >= 15 is 0 Å². The van der Waals surface area contributed by atoms with Gasteiger partial charge in [-0.1, -0.05) is 29.2 Å². The third-order valence-corrected chi connectivity index (χ3v) is 7.43. The Bertz CT molecular complexity index is 1340. The van der Waals surface area contributed by atoms with Crippen molar-refractivity contribution in [1.82, 2.24) is 14.5 Å². The zero-order chi connectivity index (χ0) is 22.1. The topological polar surface area (TPSA) is 90.0 Å². The SMILES string of the molecule is Cc1ccc2nc(NC(=O)CSc3nc(=O)n(Cc4ccco4)c4c3CCCC4)sc2c1. The van der Waals surface area contributed by atoms with Crippen LogP contribution in [0.15, 0.2) is 50.8 Å². The fourth-order valence-electron chi connectivity index (χ4n) is 3.96. The number of thioether (sulfide) groups is 1. The second-order valence-corrected chi connectivity index (χ2v) is 9.82. The molecular weight excluding hydrogens is 444 g/mol. The lowest BCUT2D eigenvalue weighted by molar-refractivity contribution is -0.113. The van der Waals surface area contributed by atoms with Crippen LogP contribution in [0.2, 0.25) is 0 Å². The first-order valence-corrected chi connectivity index (χ1v) is 12.3. The zero-order valence-corrected chi connectivity index (χ0v) is 19.2. The second kappa shape index (κ2) is 8.91. The van der Waals surface area contributed by atoms with Crippen molar-refractivity contribution in [2.75, 3.05) is 11.1 Å². The van der Waals surface area contributed by atoms with Crippen molar-refractivity contribution in [1.29, 1.82) is 0 Å². The van der Waals surface area contributed by atoms with Gasteiger partial charge < -0.3 is 9.73 Å². The van der Waals surface area contributed by atoms with Crippen LogP contribution >= 0.6 is 23.1 Å². The van der Waals surface area contributed by atoms with E-state index in [2.05, 4.69) is 21.4 Å². The molecule has 0 unspecified atom stereocenters. The number of rotatable bonds is 6. The van der Waals surface area contributed by atoms with Crippen LogP contribution in [0.5, 0.6) is 0 Å². The highest BCUT2D eigenvalue weighted by Gasteiger charge is 2.22. The number of aromatic nitrogens is 3. The van der Waals surface area contributed by atoms with E-state index in [1.807, 2.05) is 31.2 Å². The van der Waals surface area contributed by atoms with E-state index in [9.17, 15) is 9.59 Å². The number of nitrogens with one attached hydrogen (secondary N) is 1. The molecule has 3 heterocycles. The number of thiazole rings is 1. The summed E-state index contributed by atoms with van der Waals surface area (Å²) in [5.41, 5.74) is 3.82. The molecule has 32 heavy (non-hydrogen) atoms. The summed E-state index contributed by atoms with van der Waals surface area (Å²) in [7, 11) is 0. The number of aryl methyl sites for hydroxylation is 1. The van der Waals surface area contributed by atoms with Crippen LogP contribution in [-0.2, 0) is 24.2 Å². The molecule has 164 valence electrons. The number of hydrogen-bond donors (Lipinski definition) is 1. The first kappa shape index (κ1) is 21.0. The minimum Gasteiger partial charge on any atom is -0.467 e. The Morgan fingerprint density at radius 1 is 1.25 bits per heavy atom. The van der Waals surface area contributed by atoms with Crippen molar-refractivity contribution >= 4 is 44.4 Å². The van der Waals surface area contributed by atoms with E-state index in [1.165, 1.54) is 23.1 Å². The standard InChI is InChI=1S/C23H22N4O3S2/c1-14-8-9-17-19(11-14)32-22(24-17)25-20(28)13-31-21-16-6-2-3-7-18(16)27(23(29)26-21)12-15-5-4-10-30-15/h4-5,8-11H,2-3,6-7,12-13H2,1H3,(H,24,25,28). The maximum absolute atomic E-state index is 12.8. The van der Waals surface area contributed by atoms with Gasteiger partial charge in [0.25, 0.3) is 0 Å². The first-order chi connectivity index (χ1) is 15.6. The van der Waals surface area contributed by atoms with Gasteiger partial charge >= 0.3 is 5.69 Å².